The molecule has 0 N–H and O–H groups in total. The molecule has 0 aliphatic carbocycles. The minimum atomic E-state index is -3.36. The van der Waals surface area contributed by atoms with Crippen LogP contribution in [0.25, 0.3) is 0 Å². The summed E-state index contributed by atoms with van der Waals surface area (Å²) in [6, 6.07) is 25.1. The van der Waals surface area contributed by atoms with Crippen LogP contribution in [-0.2, 0) is 25.9 Å². The van der Waals surface area contributed by atoms with E-state index in [0.29, 0.717) is 23.9 Å². The highest BCUT2D eigenvalue weighted by Crippen LogP contribution is 2.32. The lowest BCUT2D eigenvalue weighted by molar-refractivity contribution is -0.110. The number of carbonyl (C=O) groups excluding carboxylic acids is 1. The van der Waals surface area contributed by atoms with Crippen molar-refractivity contribution < 1.29 is 17.9 Å². The highest BCUT2D eigenvalue weighted by molar-refractivity contribution is 7.91. The van der Waals surface area contributed by atoms with E-state index in [1.165, 1.54) is 0 Å². The molecule has 2 unspecified atom stereocenters. The van der Waals surface area contributed by atoms with Crippen LogP contribution in [-0.4, -0.2) is 50.9 Å². The predicted molar refractivity (Wildman–Crippen MR) is 128 cm³/mol. The van der Waals surface area contributed by atoms with Gasteiger partial charge in [-0.1, -0.05) is 60.7 Å². The van der Waals surface area contributed by atoms with Crippen molar-refractivity contribution in [3.05, 3.63) is 102 Å². The van der Waals surface area contributed by atoms with Gasteiger partial charge in [0.1, 0.15) is 6.29 Å². The van der Waals surface area contributed by atoms with Gasteiger partial charge in [0, 0.05) is 18.7 Å². The molecule has 2 atom stereocenters. The Morgan fingerprint density at radius 3 is 2.27 bits per heavy atom. The highest BCUT2D eigenvalue weighted by atomic mass is 32.2. The Labute approximate surface area is 194 Å². The monoisotopic (exact) mass is 462 g/mol. The van der Waals surface area contributed by atoms with Crippen LogP contribution in [0.3, 0.4) is 0 Å². The molecule has 33 heavy (non-hydrogen) atoms. The third-order valence-corrected chi connectivity index (χ3v) is 7.33. The molecule has 4 rings (SSSR count). The van der Waals surface area contributed by atoms with Gasteiger partial charge in [-0.15, -0.1) is 0 Å². The van der Waals surface area contributed by atoms with Crippen LogP contribution >= 0.6 is 0 Å². The molecule has 3 aromatic rings. The van der Waals surface area contributed by atoms with Crippen LogP contribution in [0.1, 0.15) is 22.8 Å². The van der Waals surface area contributed by atoms with Crippen molar-refractivity contribution in [2.45, 2.75) is 23.6 Å². The number of aliphatic imine (C=N–C) groups is 1. The van der Waals surface area contributed by atoms with Crippen LogP contribution in [0.15, 0.2) is 94.8 Å². The van der Waals surface area contributed by atoms with E-state index in [0.717, 1.165) is 23.0 Å². The molecule has 1 heterocycles. The SMILES string of the molecule is CN(CCS(=O)(=O)c1ccccc1)Cc1ccccc1C1OC(c2ccccc2)=NC1C=O. The third-order valence-electron chi connectivity index (χ3n) is 5.62. The highest BCUT2D eigenvalue weighted by Gasteiger charge is 2.34. The average Bonchev–Trinajstić information content (AvgIpc) is 3.29. The number of benzene rings is 3. The fraction of sp³-hybridized carbons (Fsp3) is 0.231. The molecule has 1 aliphatic heterocycles. The second-order valence-electron chi connectivity index (χ2n) is 8.03. The summed E-state index contributed by atoms with van der Waals surface area (Å²) in [6.45, 7) is 0.895. The van der Waals surface area contributed by atoms with E-state index in [-0.39, 0.29) is 5.75 Å². The molecule has 0 spiro atoms. The second-order valence-corrected chi connectivity index (χ2v) is 10.1. The molecule has 0 aromatic heterocycles. The minimum Gasteiger partial charge on any atom is -0.466 e. The van der Waals surface area contributed by atoms with Gasteiger partial charge < -0.3 is 14.4 Å². The summed E-state index contributed by atoms with van der Waals surface area (Å²) in [6.07, 6.45) is 0.295. The zero-order valence-corrected chi connectivity index (χ0v) is 19.2. The summed E-state index contributed by atoms with van der Waals surface area (Å²) < 4.78 is 31.4. The number of sulfone groups is 1. The fourth-order valence-electron chi connectivity index (χ4n) is 3.84. The van der Waals surface area contributed by atoms with Gasteiger partial charge in [0.15, 0.2) is 22.0 Å². The zero-order valence-electron chi connectivity index (χ0n) is 18.4. The lowest BCUT2D eigenvalue weighted by atomic mass is 9.98. The summed E-state index contributed by atoms with van der Waals surface area (Å²) in [5.41, 5.74) is 2.67. The molecule has 170 valence electrons. The van der Waals surface area contributed by atoms with Gasteiger partial charge in [-0.3, -0.25) is 0 Å². The maximum Gasteiger partial charge on any atom is 0.217 e. The smallest absolute Gasteiger partial charge is 0.217 e. The van der Waals surface area contributed by atoms with Crippen molar-refractivity contribution in [1.29, 1.82) is 0 Å². The van der Waals surface area contributed by atoms with Crippen LogP contribution in [0.4, 0.5) is 0 Å². The summed E-state index contributed by atoms with van der Waals surface area (Å²) in [5, 5.41) is 0. The molecule has 0 bridgehead atoms. The quantitative estimate of drug-likeness (QED) is 0.454. The zero-order chi connectivity index (χ0) is 23.3. The van der Waals surface area contributed by atoms with Gasteiger partial charge in [0.05, 0.1) is 10.6 Å². The second kappa shape index (κ2) is 10.1. The number of hydrogen-bond donors (Lipinski definition) is 0. The molecular formula is C26H26N2O4S. The van der Waals surface area contributed by atoms with Gasteiger partial charge >= 0.3 is 0 Å². The maximum atomic E-state index is 12.6. The van der Waals surface area contributed by atoms with Gasteiger partial charge in [0.25, 0.3) is 0 Å². The van der Waals surface area contributed by atoms with Gasteiger partial charge in [-0.2, -0.15) is 0 Å². The Morgan fingerprint density at radius 1 is 0.939 bits per heavy atom. The minimum absolute atomic E-state index is 0.0217. The molecule has 3 aromatic carbocycles. The number of ether oxygens (including phenoxy) is 1. The first kappa shape index (κ1) is 22.9. The first-order valence-corrected chi connectivity index (χ1v) is 12.4. The summed E-state index contributed by atoms with van der Waals surface area (Å²) >= 11 is 0. The van der Waals surface area contributed by atoms with E-state index < -0.39 is 22.0 Å². The molecule has 7 heteroatoms. The number of carbonyl (C=O) groups is 1. The third kappa shape index (κ3) is 5.38. The Hall–Kier alpha value is -3.29. The van der Waals surface area contributed by atoms with Crippen LogP contribution in [0.2, 0.25) is 0 Å². The van der Waals surface area contributed by atoms with Gasteiger partial charge in [0.2, 0.25) is 5.90 Å². The van der Waals surface area contributed by atoms with E-state index >= 15 is 0 Å². The predicted octanol–water partition coefficient (Wildman–Crippen LogP) is 3.68. The topological polar surface area (TPSA) is 76.0 Å². The Kier molecular flexibility index (Phi) is 7.01. The molecule has 0 fully saturated rings. The number of nitrogens with zero attached hydrogens (tertiary/aromatic N) is 2. The number of aldehydes is 1. The molecule has 6 nitrogen and oxygen atoms in total. The van der Waals surface area contributed by atoms with Crippen LogP contribution in [0, 0.1) is 0 Å². The molecule has 0 saturated heterocycles. The van der Waals surface area contributed by atoms with E-state index in [9.17, 15) is 13.2 Å². The summed E-state index contributed by atoms with van der Waals surface area (Å²) in [5.74, 6) is 0.475. The van der Waals surface area contributed by atoms with Crippen LogP contribution in [0.5, 0.6) is 0 Å². The Morgan fingerprint density at radius 2 is 1.58 bits per heavy atom. The molecule has 0 radical (unpaired) electrons. The van der Waals surface area contributed by atoms with Crippen molar-refractivity contribution in [2.24, 2.45) is 4.99 Å². The van der Waals surface area contributed by atoms with Gasteiger partial charge in [-0.25, -0.2) is 13.4 Å². The van der Waals surface area contributed by atoms with E-state index in [2.05, 4.69) is 4.99 Å². The maximum absolute atomic E-state index is 12.6. The number of hydrogen-bond acceptors (Lipinski definition) is 6. The fourth-order valence-corrected chi connectivity index (χ4v) is 5.20. The van der Waals surface area contributed by atoms with Crippen molar-refractivity contribution in [3.63, 3.8) is 0 Å². The van der Waals surface area contributed by atoms with Crippen molar-refractivity contribution in [2.75, 3.05) is 19.3 Å². The standard InChI is InChI=1S/C26H26N2O4S/c1-28(16-17-33(30,31)22-13-6-3-7-14-22)18-21-12-8-9-15-23(21)25-24(19-29)27-26(32-25)20-10-4-2-5-11-20/h2-15,19,24-25H,16-18H2,1H3. The van der Waals surface area contributed by atoms with Gasteiger partial charge in [-0.05, 0) is 42.4 Å². The average molecular weight is 463 g/mol. The normalized spacial score (nSPS) is 18.1. The van der Waals surface area contributed by atoms with E-state index in [1.807, 2.05) is 66.5 Å². The van der Waals surface area contributed by atoms with Crippen LogP contribution < -0.4 is 0 Å². The van der Waals surface area contributed by atoms with E-state index in [4.69, 9.17) is 4.74 Å². The van der Waals surface area contributed by atoms with Crippen molar-refractivity contribution >= 4 is 22.0 Å². The number of rotatable bonds is 9. The first-order valence-electron chi connectivity index (χ1n) is 10.8. The van der Waals surface area contributed by atoms with Crippen molar-refractivity contribution in [1.82, 2.24) is 4.90 Å². The molecule has 0 amide bonds. The Balaban J connectivity index is 1.47. The van der Waals surface area contributed by atoms with E-state index in [1.54, 1.807) is 30.3 Å². The van der Waals surface area contributed by atoms with Crippen molar-refractivity contribution in [3.8, 4) is 0 Å². The summed E-state index contributed by atoms with van der Waals surface area (Å²) in [7, 11) is -1.47. The lowest BCUT2D eigenvalue weighted by Gasteiger charge is -2.22. The molecule has 1 aliphatic rings. The largest absolute Gasteiger partial charge is 0.466 e. The first-order chi connectivity index (χ1) is 16.0. The summed E-state index contributed by atoms with van der Waals surface area (Å²) in [4.78, 5) is 18.6. The Bertz CT molecular complexity index is 1230. The molecule has 0 saturated carbocycles. The lowest BCUT2D eigenvalue weighted by Crippen LogP contribution is -2.27. The molecular weight excluding hydrogens is 436 g/mol.